The van der Waals surface area contributed by atoms with Gasteiger partial charge in [-0.25, -0.2) is 0 Å². The van der Waals surface area contributed by atoms with Gasteiger partial charge >= 0.3 is 0 Å². The summed E-state index contributed by atoms with van der Waals surface area (Å²) in [5, 5.41) is 36.9. The van der Waals surface area contributed by atoms with Gasteiger partial charge in [-0.05, 0) is 56.4 Å². The average Bonchev–Trinajstić information content (AvgIpc) is 2.81. The highest BCUT2D eigenvalue weighted by atomic mass is 16.6. The Balaban J connectivity index is 1.76. The zero-order valence-electron chi connectivity index (χ0n) is 19.8. The highest BCUT2D eigenvalue weighted by molar-refractivity contribution is 5.72. The van der Waals surface area contributed by atoms with Crippen LogP contribution >= 0.6 is 0 Å². The van der Waals surface area contributed by atoms with Crippen molar-refractivity contribution in [2.75, 3.05) is 31.6 Å². The summed E-state index contributed by atoms with van der Waals surface area (Å²) in [5.74, 6) is 2.91. The lowest BCUT2D eigenvalue weighted by molar-refractivity contribution is -0.384. The summed E-state index contributed by atoms with van der Waals surface area (Å²) < 4.78 is 0. The monoisotopic (exact) mass is 458 g/mol. The van der Waals surface area contributed by atoms with Crippen LogP contribution in [0.25, 0.3) is 5.57 Å². The Kier molecular flexibility index (Phi) is 11.7. The fourth-order valence-corrected chi connectivity index (χ4v) is 4.02. The molecule has 2 rings (SSSR count). The largest absolute Gasteiger partial charge is 0.395 e. The summed E-state index contributed by atoms with van der Waals surface area (Å²) in [6, 6.07) is 8.12. The summed E-state index contributed by atoms with van der Waals surface area (Å²) in [4.78, 5) is 13.5. The van der Waals surface area contributed by atoms with Crippen molar-refractivity contribution < 1.29 is 15.1 Å². The van der Waals surface area contributed by atoms with Crippen LogP contribution in [-0.4, -0.2) is 58.4 Å². The molecule has 1 aromatic carbocycles. The lowest BCUT2D eigenvalue weighted by Crippen LogP contribution is -2.46. The Labute approximate surface area is 197 Å². The van der Waals surface area contributed by atoms with Gasteiger partial charge in [-0.3, -0.25) is 15.0 Å². The molecule has 1 saturated heterocycles. The molecule has 0 unspecified atom stereocenters. The Morgan fingerprint density at radius 2 is 2.12 bits per heavy atom. The third-order valence-electron chi connectivity index (χ3n) is 5.98. The van der Waals surface area contributed by atoms with E-state index < -0.39 is 0 Å². The van der Waals surface area contributed by atoms with E-state index in [0.717, 1.165) is 62.8 Å². The lowest BCUT2D eigenvalue weighted by Gasteiger charge is -2.36. The first-order chi connectivity index (χ1) is 16.0. The Morgan fingerprint density at radius 1 is 1.33 bits per heavy atom. The number of allylic oxidation sites excluding steroid dienone is 1. The number of anilines is 1. The first-order valence-corrected chi connectivity index (χ1v) is 11.9. The molecule has 8 heteroatoms. The molecule has 1 aromatic rings. The van der Waals surface area contributed by atoms with Crippen LogP contribution in [0, 0.1) is 22.1 Å². The van der Waals surface area contributed by atoms with Crippen LogP contribution in [0.4, 0.5) is 11.4 Å². The van der Waals surface area contributed by atoms with Gasteiger partial charge in [0.2, 0.25) is 0 Å². The molecule has 0 amide bonds. The van der Waals surface area contributed by atoms with E-state index >= 15 is 0 Å². The van der Waals surface area contributed by atoms with E-state index in [1.165, 1.54) is 0 Å². The summed E-state index contributed by atoms with van der Waals surface area (Å²) in [7, 11) is 0. The van der Waals surface area contributed by atoms with Gasteiger partial charge in [0.25, 0.3) is 5.69 Å². The minimum absolute atomic E-state index is 0.0671. The number of hydrogen-bond acceptors (Lipinski definition) is 7. The normalized spacial score (nSPS) is 19.0. The van der Waals surface area contributed by atoms with Crippen LogP contribution in [-0.2, 0) is 0 Å². The topological polar surface area (TPSA) is 111 Å². The molecule has 0 saturated carbocycles. The van der Waals surface area contributed by atoms with Crippen LogP contribution in [0.15, 0.2) is 24.4 Å². The first kappa shape index (κ1) is 26.7. The minimum Gasteiger partial charge on any atom is -0.395 e. The zero-order valence-corrected chi connectivity index (χ0v) is 19.8. The molecule has 0 spiro atoms. The number of aliphatic hydroxyl groups excluding tert-OH is 2. The molecule has 2 atom stereocenters. The van der Waals surface area contributed by atoms with Crippen LogP contribution in [0.1, 0.15) is 64.4 Å². The van der Waals surface area contributed by atoms with Gasteiger partial charge in [0, 0.05) is 43.9 Å². The molecule has 8 nitrogen and oxygen atoms in total. The second-order valence-electron chi connectivity index (χ2n) is 8.51. The van der Waals surface area contributed by atoms with E-state index in [4.69, 9.17) is 0 Å². The van der Waals surface area contributed by atoms with E-state index in [0.29, 0.717) is 18.7 Å². The smallest absolute Gasteiger partial charge is 0.292 e. The molecule has 33 heavy (non-hydrogen) atoms. The highest BCUT2D eigenvalue weighted by Crippen LogP contribution is 2.28. The Morgan fingerprint density at radius 3 is 2.85 bits per heavy atom. The van der Waals surface area contributed by atoms with Crippen molar-refractivity contribution in [2.24, 2.45) is 0 Å². The van der Waals surface area contributed by atoms with Crippen molar-refractivity contribution in [3.8, 4) is 12.0 Å². The summed E-state index contributed by atoms with van der Waals surface area (Å²) in [6.45, 7) is 6.40. The number of piperidine rings is 1. The number of nitrogens with one attached hydrogen (secondary N) is 2. The summed E-state index contributed by atoms with van der Waals surface area (Å²) in [5.41, 5.74) is 2.27. The number of unbranched alkanes of at least 4 members (excludes halogenated alkanes) is 3. The van der Waals surface area contributed by atoms with Crippen LogP contribution in [0.5, 0.6) is 0 Å². The van der Waals surface area contributed by atoms with E-state index in [-0.39, 0.29) is 29.4 Å². The molecule has 0 aliphatic carbocycles. The van der Waals surface area contributed by atoms with Crippen molar-refractivity contribution >= 4 is 16.9 Å². The van der Waals surface area contributed by atoms with Gasteiger partial charge in [-0.1, -0.05) is 31.8 Å². The SMILES string of the molecule is CCC#CN/C=C(\C)c1ccc(NCCCCCCN2CC[C@@H](O)C[C@H]2CO)c([N+](=O)[O-])c1. The third-order valence-corrected chi connectivity index (χ3v) is 5.98. The molecule has 0 bridgehead atoms. The standard InChI is InChI=1S/C25H38N4O4/c1-3-4-12-26-18-20(2)21-9-10-24(25(16-21)29(32)33)27-13-7-5-6-8-14-28-15-11-23(31)17-22(28)19-30/h9-10,16,18,22-23,26-27,30-31H,3,5-8,11,13-15,17,19H2,1-2H3/b20-18+/t22-,23+/m0/s1. The van der Waals surface area contributed by atoms with Crippen LogP contribution < -0.4 is 10.6 Å². The molecule has 182 valence electrons. The number of rotatable bonds is 12. The fraction of sp³-hybridized carbons (Fsp3) is 0.600. The maximum atomic E-state index is 11.6. The van der Waals surface area contributed by atoms with Crippen molar-refractivity contribution in [3.63, 3.8) is 0 Å². The molecule has 0 radical (unpaired) electrons. The molecule has 1 fully saturated rings. The van der Waals surface area contributed by atoms with Crippen LogP contribution in [0.3, 0.4) is 0 Å². The molecular formula is C25H38N4O4. The Hall–Kier alpha value is -2.60. The van der Waals surface area contributed by atoms with Gasteiger partial charge in [0.1, 0.15) is 5.69 Å². The maximum absolute atomic E-state index is 11.6. The number of nitro groups is 1. The van der Waals surface area contributed by atoms with Crippen molar-refractivity contribution in [1.29, 1.82) is 0 Å². The van der Waals surface area contributed by atoms with Gasteiger partial charge in [-0.2, -0.15) is 0 Å². The molecular weight excluding hydrogens is 420 g/mol. The number of benzene rings is 1. The van der Waals surface area contributed by atoms with Crippen LogP contribution in [0.2, 0.25) is 0 Å². The number of nitrogens with zero attached hydrogens (tertiary/aromatic N) is 2. The molecule has 1 aliphatic heterocycles. The van der Waals surface area contributed by atoms with Gasteiger partial charge < -0.3 is 20.8 Å². The van der Waals surface area contributed by atoms with Crippen molar-refractivity contribution in [1.82, 2.24) is 10.2 Å². The van der Waals surface area contributed by atoms with Gasteiger partial charge in [-0.15, -0.1) is 0 Å². The zero-order chi connectivity index (χ0) is 24.1. The summed E-state index contributed by atoms with van der Waals surface area (Å²) in [6.07, 6.45) is 7.73. The van der Waals surface area contributed by atoms with E-state index in [9.17, 15) is 20.3 Å². The fourth-order valence-electron chi connectivity index (χ4n) is 4.02. The average molecular weight is 459 g/mol. The Bertz CT molecular complexity index is 847. The second kappa shape index (κ2) is 14.5. The van der Waals surface area contributed by atoms with Crippen molar-refractivity contribution in [2.45, 2.75) is 70.9 Å². The molecule has 0 aromatic heterocycles. The van der Waals surface area contributed by atoms with E-state index in [2.05, 4.69) is 27.5 Å². The summed E-state index contributed by atoms with van der Waals surface area (Å²) >= 11 is 0. The van der Waals surface area contributed by atoms with E-state index in [1.807, 2.05) is 19.9 Å². The maximum Gasteiger partial charge on any atom is 0.292 e. The third kappa shape index (κ3) is 9.04. The molecule has 1 aliphatic rings. The minimum atomic E-state index is -0.351. The quantitative estimate of drug-likeness (QED) is 0.124. The predicted molar refractivity (Wildman–Crippen MR) is 133 cm³/mol. The number of likely N-dealkylation sites (tertiary alicyclic amines) is 1. The molecule has 1 heterocycles. The highest BCUT2D eigenvalue weighted by Gasteiger charge is 2.26. The lowest BCUT2D eigenvalue weighted by atomic mass is 9.99. The van der Waals surface area contributed by atoms with E-state index in [1.54, 1.807) is 18.3 Å². The van der Waals surface area contributed by atoms with Gasteiger partial charge in [0.15, 0.2) is 0 Å². The number of nitro benzene ring substituents is 1. The molecule has 4 N–H and O–H groups in total. The second-order valence-corrected chi connectivity index (χ2v) is 8.51. The number of hydrogen-bond donors (Lipinski definition) is 4. The number of aliphatic hydroxyl groups is 2. The van der Waals surface area contributed by atoms with Crippen molar-refractivity contribution in [3.05, 3.63) is 40.1 Å². The predicted octanol–water partition coefficient (Wildman–Crippen LogP) is 3.71. The first-order valence-electron chi connectivity index (χ1n) is 11.9. The van der Waals surface area contributed by atoms with Gasteiger partial charge in [0.05, 0.1) is 17.6 Å².